The van der Waals surface area contributed by atoms with Crippen molar-refractivity contribution >= 4 is 0 Å². The normalized spacial score (nSPS) is 17.2. The van der Waals surface area contributed by atoms with Gasteiger partial charge in [-0.25, -0.2) is 18.4 Å². The first kappa shape index (κ1) is 26.7. The van der Waals surface area contributed by atoms with E-state index in [9.17, 15) is 13.9 Å². The summed E-state index contributed by atoms with van der Waals surface area (Å²) < 4.78 is 29.6. The number of hydrogen-bond donors (Lipinski definition) is 1. The molecule has 0 amide bonds. The highest BCUT2D eigenvalue weighted by Gasteiger charge is 2.36. The zero-order valence-corrected chi connectivity index (χ0v) is 20.6. The highest BCUT2D eigenvalue weighted by molar-refractivity contribution is 5.25. The predicted octanol–water partition coefficient (Wildman–Crippen LogP) is 4.59. The van der Waals surface area contributed by atoms with Gasteiger partial charge in [0.25, 0.3) is 0 Å². The Kier molecular flexibility index (Phi) is 10.9. The molecule has 3 rings (SSSR count). The van der Waals surface area contributed by atoms with Gasteiger partial charge >= 0.3 is 0 Å². The third-order valence-corrected chi connectivity index (χ3v) is 6.85. The second kappa shape index (κ2) is 13.9. The number of β-amino-alcohol motifs (C(OH)–C–C–N with tert-alkyl or cyclic N) is 1. The first-order chi connectivity index (χ1) is 16.5. The van der Waals surface area contributed by atoms with Crippen molar-refractivity contribution in [3.8, 4) is 0 Å². The predicted molar refractivity (Wildman–Crippen MR) is 130 cm³/mol. The Hall–Kier alpha value is -1.90. The summed E-state index contributed by atoms with van der Waals surface area (Å²) in [5.41, 5.74) is -1.45. The molecule has 0 aliphatic carbocycles. The molecule has 6 nitrogen and oxygen atoms in total. The number of aliphatic hydroxyl groups is 1. The molecule has 34 heavy (non-hydrogen) atoms. The summed E-state index contributed by atoms with van der Waals surface area (Å²) in [6.07, 6.45) is 14.9. The summed E-state index contributed by atoms with van der Waals surface area (Å²) in [7, 11) is 0. The monoisotopic (exact) mass is 477 g/mol. The summed E-state index contributed by atoms with van der Waals surface area (Å²) in [6, 6.07) is 3.35. The van der Waals surface area contributed by atoms with E-state index in [1.165, 1.54) is 87.3 Å². The summed E-state index contributed by atoms with van der Waals surface area (Å²) >= 11 is 0. The van der Waals surface area contributed by atoms with Crippen molar-refractivity contribution in [3.63, 3.8) is 0 Å². The number of hydrogen-bond acceptors (Lipinski definition) is 5. The van der Waals surface area contributed by atoms with Crippen LogP contribution in [0.1, 0.15) is 70.3 Å². The maximum absolute atomic E-state index is 14.6. The van der Waals surface area contributed by atoms with E-state index in [0.29, 0.717) is 0 Å². The molecule has 1 aromatic heterocycles. The molecule has 1 aliphatic rings. The minimum Gasteiger partial charge on any atom is -0.382 e. The Labute approximate surface area is 203 Å². The number of nitrogens with zero attached hydrogens (tertiary/aromatic N) is 5. The van der Waals surface area contributed by atoms with Gasteiger partial charge in [0.05, 0.1) is 6.54 Å². The van der Waals surface area contributed by atoms with Gasteiger partial charge in [0.2, 0.25) is 0 Å². The zero-order chi connectivity index (χ0) is 24.2. The molecule has 1 fully saturated rings. The van der Waals surface area contributed by atoms with Gasteiger partial charge in [-0.2, -0.15) is 5.10 Å². The smallest absolute Gasteiger partial charge is 0.137 e. The van der Waals surface area contributed by atoms with E-state index in [1.807, 2.05) is 0 Å². The second-order valence-electron chi connectivity index (χ2n) is 9.70. The van der Waals surface area contributed by atoms with Crippen molar-refractivity contribution in [2.75, 3.05) is 39.3 Å². The molecule has 0 bridgehead atoms. The van der Waals surface area contributed by atoms with E-state index in [0.717, 1.165) is 38.8 Å². The van der Waals surface area contributed by atoms with Crippen LogP contribution in [0, 0.1) is 11.6 Å². The lowest BCUT2D eigenvalue weighted by molar-refractivity contribution is -0.0319. The number of unbranched alkanes of at least 4 members (excludes halogenated alkanes) is 8. The van der Waals surface area contributed by atoms with Crippen LogP contribution in [0.3, 0.4) is 0 Å². The van der Waals surface area contributed by atoms with Crippen LogP contribution in [-0.4, -0.2) is 68.9 Å². The number of halogens is 2. The highest BCUT2D eigenvalue weighted by atomic mass is 19.1. The quantitative estimate of drug-likeness (QED) is 0.380. The van der Waals surface area contributed by atoms with Gasteiger partial charge in [-0.15, -0.1) is 0 Å². The van der Waals surface area contributed by atoms with Gasteiger partial charge in [-0.05, 0) is 19.0 Å². The average Bonchev–Trinajstić information content (AvgIpc) is 3.31. The van der Waals surface area contributed by atoms with Crippen LogP contribution in [0.15, 0.2) is 30.9 Å². The topological polar surface area (TPSA) is 57.4 Å². The van der Waals surface area contributed by atoms with E-state index in [2.05, 4.69) is 26.8 Å². The third-order valence-electron chi connectivity index (χ3n) is 6.85. The molecule has 1 aliphatic heterocycles. The third kappa shape index (κ3) is 8.40. The van der Waals surface area contributed by atoms with Crippen LogP contribution < -0.4 is 0 Å². The van der Waals surface area contributed by atoms with E-state index < -0.39 is 17.2 Å². The van der Waals surface area contributed by atoms with Crippen LogP contribution in [-0.2, 0) is 12.1 Å². The molecule has 0 spiro atoms. The highest BCUT2D eigenvalue weighted by Crippen LogP contribution is 2.28. The van der Waals surface area contributed by atoms with E-state index in [4.69, 9.17) is 0 Å². The first-order valence-corrected chi connectivity index (χ1v) is 13.0. The maximum Gasteiger partial charge on any atom is 0.137 e. The Morgan fingerprint density at radius 1 is 0.882 bits per heavy atom. The van der Waals surface area contributed by atoms with E-state index in [1.54, 1.807) is 0 Å². The van der Waals surface area contributed by atoms with Gasteiger partial charge in [0, 0.05) is 44.4 Å². The molecule has 1 aromatic carbocycles. The van der Waals surface area contributed by atoms with Gasteiger partial charge in [-0.1, -0.05) is 64.4 Å². The second-order valence-corrected chi connectivity index (χ2v) is 9.70. The minimum atomic E-state index is -1.54. The molecule has 190 valence electrons. The summed E-state index contributed by atoms with van der Waals surface area (Å²) in [5.74, 6) is -1.40. The molecule has 1 N–H and O–H groups in total. The van der Waals surface area contributed by atoms with Crippen molar-refractivity contribution in [1.82, 2.24) is 24.6 Å². The van der Waals surface area contributed by atoms with Crippen LogP contribution in [0.4, 0.5) is 8.78 Å². The molecule has 1 saturated heterocycles. The lowest BCUT2D eigenvalue weighted by Gasteiger charge is -2.39. The van der Waals surface area contributed by atoms with Crippen LogP contribution >= 0.6 is 0 Å². The van der Waals surface area contributed by atoms with E-state index >= 15 is 0 Å². The summed E-state index contributed by atoms with van der Waals surface area (Å²) in [4.78, 5) is 8.56. The Morgan fingerprint density at radius 3 is 2.15 bits per heavy atom. The molecule has 2 heterocycles. The molecule has 2 aromatic rings. The molecule has 0 saturated carbocycles. The maximum atomic E-state index is 14.6. The SMILES string of the molecule is CCCCCCCCCCCN1CCN(CC(O)(Cn2cncn2)c2ccc(F)cc2F)CC1. The number of benzene rings is 1. The number of rotatable bonds is 15. The van der Waals surface area contributed by atoms with Crippen LogP contribution in [0.2, 0.25) is 0 Å². The van der Waals surface area contributed by atoms with Crippen molar-refractivity contribution < 1.29 is 13.9 Å². The largest absolute Gasteiger partial charge is 0.382 e. The first-order valence-electron chi connectivity index (χ1n) is 13.0. The van der Waals surface area contributed by atoms with Crippen LogP contribution in [0.5, 0.6) is 0 Å². The molecule has 1 atom stereocenters. The molecular weight excluding hydrogens is 436 g/mol. The van der Waals surface area contributed by atoms with Crippen molar-refractivity contribution in [2.45, 2.75) is 76.9 Å². The minimum absolute atomic E-state index is 0.0498. The fourth-order valence-electron chi connectivity index (χ4n) is 4.86. The van der Waals surface area contributed by atoms with Gasteiger partial charge in [-0.3, -0.25) is 4.90 Å². The lowest BCUT2D eigenvalue weighted by Crippen LogP contribution is -2.52. The Balaban J connectivity index is 1.44. The van der Waals surface area contributed by atoms with Crippen LogP contribution in [0.25, 0.3) is 0 Å². The Bertz CT molecular complexity index is 827. The van der Waals surface area contributed by atoms with Gasteiger partial charge < -0.3 is 10.0 Å². The average molecular weight is 478 g/mol. The molecule has 1 unspecified atom stereocenters. The molecule has 0 radical (unpaired) electrons. The Morgan fingerprint density at radius 2 is 1.53 bits per heavy atom. The fraction of sp³-hybridized carbons (Fsp3) is 0.692. The summed E-state index contributed by atoms with van der Waals surface area (Å²) in [6.45, 7) is 7.14. The van der Waals surface area contributed by atoms with Gasteiger partial charge in [0.1, 0.15) is 29.9 Å². The molecular formula is C26H41F2N5O. The fourth-order valence-corrected chi connectivity index (χ4v) is 4.86. The van der Waals surface area contributed by atoms with Crippen molar-refractivity contribution in [1.29, 1.82) is 0 Å². The zero-order valence-electron chi connectivity index (χ0n) is 20.6. The number of piperazine rings is 1. The summed E-state index contributed by atoms with van der Waals surface area (Å²) in [5, 5.41) is 15.6. The van der Waals surface area contributed by atoms with Gasteiger partial charge in [0.15, 0.2) is 0 Å². The lowest BCUT2D eigenvalue weighted by atomic mass is 9.92. The standard InChI is InChI=1S/C26H41F2N5O/c1-2-3-4-5-6-7-8-9-10-13-31-14-16-32(17-15-31)19-26(34,20-33-22-29-21-30-33)24-12-11-23(27)18-25(24)28/h11-12,18,21-22,34H,2-10,13-17,19-20H2,1H3. The number of aromatic nitrogens is 3. The van der Waals surface area contributed by atoms with Crippen molar-refractivity contribution in [3.05, 3.63) is 48.1 Å². The van der Waals surface area contributed by atoms with E-state index in [-0.39, 0.29) is 18.7 Å². The van der Waals surface area contributed by atoms with Crippen molar-refractivity contribution in [2.24, 2.45) is 0 Å². The molecule has 8 heteroatoms.